The highest BCUT2D eigenvalue weighted by molar-refractivity contribution is 7.91. The highest BCUT2D eigenvalue weighted by Crippen LogP contribution is 2.29. The summed E-state index contributed by atoms with van der Waals surface area (Å²) in [7, 11) is -7.66. The molecular weight excluding hydrogens is 393 g/mol. The van der Waals surface area contributed by atoms with Gasteiger partial charge in [0.05, 0.1) is 15.5 Å². The van der Waals surface area contributed by atoms with Crippen molar-refractivity contribution in [3.63, 3.8) is 0 Å². The Morgan fingerprint density at radius 1 is 0.889 bits per heavy atom. The lowest BCUT2D eigenvalue weighted by Gasteiger charge is -2.38. The molecule has 0 aromatic heterocycles. The number of hydrogen-bond acceptors (Lipinski definition) is 6. The summed E-state index contributed by atoms with van der Waals surface area (Å²) in [5, 5.41) is 5.12. The minimum atomic E-state index is -4.00. The molecular formula is C17H20FN3O4S2. The van der Waals surface area contributed by atoms with E-state index in [2.05, 4.69) is 4.90 Å². The van der Waals surface area contributed by atoms with Gasteiger partial charge in [0, 0.05) is 38.1 Å². The topological polar surface area (TPSA) is 101 Å². The van der Waals surface area contributed by atoms with Crippen molar-refractivity contribution in [1.29, 1.82) is 0 Å². The van der Waals surface area contributed by atoms with Crippen LogP contribution in [-0.2, 0) is 19.9 Å². The van der Waals surface area contributed by atoms with Gasteiger partial charge in [-0.05, 0) is 42.5 Å². The van der Waals surface area contributed by atoms with Gasteiger partial charge in [0.15, 0.2) is 9.84 Å². The van der Waals surface area contributed by atoms with E-state index in [0.29, 0.717) is 31.9 Å². The Hall–Kier alpha value is -2.17. The van der Waals surface area contributed by atoms with Crippen molar-refractivity contribution in [2.45, 2.75) is 9.79 Å². The second-order valence-corrected chi connectivity index (χ2v) is 9.94. The van der Waals surface area contributed by atoms with Crippen molar-refractivity contribution in [2.75, 3.05) is 42.2 Å². The number of nitrogens with zero attached hydrogens (tertiary/aromatic N) is 2. The number of halogens is 1. The van der Waals surface area contributed by atoms with Crippen LogP contribution in [0.3, 0.4) is 0 Å². The number of sulfone groups is 1. The Kier molecular flexibility index (Phi) is 5.15. The Labute approximate surface area is 158 Å². The number of benzene rings is 2. The number of sulfonamides is 1. The molecule has 0 radical (unpaired) electrons. The molecule has 27 heavy (non-hydrogen) atoms. The third-order valence-electron chi connectivity index (χ3n) is 4.47. The lowest BCUT2D eigenvalue weighted by molar-refractivity contribution is 0.596. The van der Waals surface area contributed by atoms with Crippen LogP contribution in [0.2, 0.25) is 0 Å². The normalized spacial score (nSPS) is 15.8. The Morgan fingerprint density at radius 3 is 1.96 bits per heavy atom. The molecule has 1 aliphatic heterocycles. The number of piperazine rings is 1. The maximum absolute atomic E-state index is 13.1. The zero-order valence-electron chi connectivity index (χ0n) is 14.7. The summed E-state index contributed by atoms with van der Waals surface area (Å²) in [5.74, 6) is -0.301. The fraction of sp³-hybridized carbons (Fsp3) is 0.294. The number of primary sulfonamides is 1. The van der Waals surface area contributed by atoms with Crippen molar-refractivity contribution in [3.8, 4) is 0 Å². The van der Waals surface area contributed by atoms with E-state index in [9.17, 15) is 21.2 Å². The van der Waals surface area contributed by atoms with Crippen molar-refractivity contribution < 1.29 is 21.2 Å². The van der Waals surface area contributed by atoms with E-state index in [0.717, 1.165) is 18.0 Å². The van der Waals surface area contributed by atoms with Crippen LogP contribution in [0.4, 0.5) is 15.8 Å². The smallest absolute Gasteiger partial charge is 0.238 e. The molecule has 2 aromatic rings. The van der Waals surface area contributed by atoms with Gasteiger partial charge in [-0.3, -0.25) is 0 Å². The number of nitrogens with two attached hydrogens (primary N) is 1. The first-order valence-corrected chi connectivity index (χ1v) is 11.6. The molecule has 0 spiro atoms. The van der Waals surface area contributed by atoms with E-state index in [-0.39, 0.29) is 15.6 Å². The quantitative estimate of drug-likeness (QED) is 0.808. The van der Waals surface area contributed by atoms with Crippen molar-refractivity contribution in [1.82, 2.24) is 0 Å². The van der Waals surface area contributed by atoms with Crippen LogP contribution in [0.1, 0.15) is 0 Å². The average Bonchev–Trinajstić information content (AvgIpc) is 2.60. The standard InChI is InChI=1S/C17H20FN3O4S2/c1-26(22,23)17-12-15(27(19,24)25)6-7-16(17)21-10-8-20(9-11-21)14-4-2-13(18)3-5-14/h2-7,12H,8-11H2,1H3,(H2,19,24,25). The van der Waals surface area contributed by atoms with Gasteiger partial charge in [0.25, 0.3) is 0 Å². The Morgan fingerprint density at radius 2 is 1.44 bits per heavy atom. The lowest BCUT2D eigenvalue weighted by Crippen LogP contribution is -2.47. The third kappa shape index (κ3) is 4.40. The van der Waals surface area contributed by atoms with Gasteiger partial charge in [-0.25, -0.2) is 26.4 Å². The van der Waals surface area contributed by atoms with Gasteiger partial charge in [0.2, 0.25) is 10.0 Å². The molecule has 1 heterocycles. The highest BCUT2D eigenvalue weighted by Gasteiger charge is 2.24. The number of anilines is 2. The summed E-state index contributed by atoms with van der Waals surface area (Å²) >= 11 is 0. The fourth-order valence-corrected chi connectivity index (χ4v) is 4.62. The minimum absolute atomic E-state index is 0.0655. The zero-order valence-corrected chi connectivity index (χ0v) is 16.3. The molecule has 2 aromatic carbocycles. The predicted octanol–water partition coefficient (Wildman–Crippen LogP) is 1.20. The van der Waals surface area contributed by atoms with E-state index in [1.165, 1.54) is 24.3 Å². The van der Waals surface area contributed by atoms with Gasteiger partial charge in [-0.15, -0.1) is 0 Å². The van der Waals surface area contributed by atoms with Gasteiger partial charge < -0.3 is 9.80 Å². The monoisotopic (exact) mass is 413 g/mol. The Bertz CT molecular complexity index is 1050. The van der Waals surface area contributed by atoms with Gasteiger partial charge in [0.1, 0.15) is 5.82 Å². The summed E-state index contributed by atoms with van der Waals surface area (Å²) in [4.78, 5) is 3.67. The number of hydrogen-bond donors (Lipinski definition) is 1. The van der Waals surface area contributed by atoms with E-state index >= 15 is 0 Å². The van der Waals surface area contributed by atoms with Gasteiger partial charge in [-0.1, -0.05) is 0 Å². The first-order valence-electron chi connectivity index (χ1n) is 8.18. The van der Waals surface area contributed by atoms with E-state index in [1.807, 2.05) is 4.90 Å². The molecule has 3 rings (SSSR count). The molecule has 0 bridgehead atoms. The molecule has 1 saturated heterocycles. The van der Waals surface area contributed by atoms with Crippen LogP contribution >= 0.6 is 0 Å². The number of rotatable bonds is 4. The molecule has 0 saturated carbocycles. The van der Waals surface area contributed by atoms with E-state index in [1.54, 1.807) is 12.1 Å². The summed E-state index contributed by atoms with van der Waals surface area (Å²) in [6.07, 6.45) is 1.04. The summed E-state index contributed by atoms with van der Waals surface area (Å²) in [6, 6.07) is 10.1. The average molecular weight is 413 g/mol. The van der Waals surface area contributed by atoms with Crippen molar-refractivity contribution in [2.24, 2.45) is 5.14 Å². The molecule has 0 amide bonds. The third-order valence-corrected chi connectivity index (χ3v) is 6.51. The molecule has 146 valence electrons. The molecule has 10 heteroatoms. The molecule has 7 nitrogen and oxygen atoms in total. The maximum Gasteiger partial charge on any atom is 0.238 e. The van der Waals surface area contributed by atoms with E-state index in [4.69, 9.17) is 5.14 Å². The van der Waals surface area contributed by atoms with Crippen LogP contribution in [0, 0.1) is 5.82 Å². The Balaban J connectivity index is 1.86. The predicted molar refractivity (Wildman–Crippen MR) is 102 cm³/mol. The fourth-order valence-electron chi connectivity index (χ4n) is 3.09. The van der Waals surface area contributed by atoms with Crippen molar-refractivity contribution in [3.05, 3.63) is 48.3 Å². The SMILES string of the molecule is CS(=O)(=O)c1cc(S(N)(=O)=O)ccc1N1CCN(c2ccc(F)cc2)CC1. The first kappa shape index (κ1) is 19.6. The van der Waals surface area contributed by atoms with Crippen LogP contribution in [0.15, 0.2) is 52.3 Å². The largest absolute Gasteiger partial charge is 0.368 e. The molecule has 0 unspecified atom stereocenters. The molecule has 1 aliphatic rings. The minimum Gasteiger partial charge on any atom is -0.368 e. The van der Waals surface area contributed by atoms with Crippen LogP contribution in [0.25, 0.3) is 0 Å². The summed E-state index contributed by atoms with van der Waals surface area (Å²) in [5.41, 5.74) is 1.34. The highest BCUT2D eigenvalue weighted by atomic mass is 32.2. The summed E-state index contributed by atoms with van der Waals surface area (Å²) in [6.45, 7) is 2.31. The molecule has 2 N–H and O–H groups in total. The maximum atomic E-state index is 13.1. The van der Waals surface area contributed by atoms with E-state index < -0.39 is 19.9 Å². The molecule has 0 atom stereocenters. The molecule has 0 aliphatic carbocycles. The van der Waals surface area contributed by atoms with Gasteiger partial charge in [-0.2, -0.15) is 0 Å². The summed E-state index contributed by atoms with van der Waals surface area (Å²) < 4.78 is 60.6. The van der Waals surface area contributed by atoms with Crippen LogP contribution < -0.4 is 14.9 Å². The van der Waals surface area contributed by atoms with Gasteiger partial charge >= 0.3 is 0 Å². The molecule has 1 fully saturated rings. The second-order valence-electron chi connectivity index (χ2n) is 6.40. The zero-order chi connectivity index (χ0) is 19.8. The van der Waals surface area contributed by atoms with Crippen molar-refractivity contribution >= 4 is 31.2 Å². The van der Waals surface area contributed by atoms with Crippen LogP contribution in [0.5, 0.6) is 0 Å². The second kappa shape index (κ2) is 7.10. The first-order chi connectivity index (χ1) is 12.6. The lowest BCUT2D eigenvalue weighted by atomic mass is 10.2. The van der Waals surface area contributed by atoms with Crippen LogP contribution in [-0.4, -0.2) is 49.3 Å².